The van der Waals surface area contributed by atoms with Crippen LogP contribution < -0.4 is 10.6 Å². The number of urea groups is 1. The highest BCUT2D eigenvalue weighted by atomic mass is 16.2. The van der Waals surface area contributed by atoms with Crippen LogP contribution >= 0.6 is 0 Å². The van der Waals surface area contributed by atoms with Crippen LogP contribution in [-0.4, -0.2) is 6.03 Å². The smallest absolute Gasteiger partial charge is 0.308 e. The van der Waals surface area contributed by atoms with Gasteiger partial charge in [-0.15, -0.1) is 0 Å². The minimum absolute atomic E-state index is 0.230. The summed E-state index contributed by atoms with van der Waals surface area (Å²) in [6, 6.07) is 23.7. The van der Waals surface area contributed by atoms with Crippen LogP contribution in [0.2, 0.25) is 0 Å². The Morgan fingerprint density at radius 3 is 2.26 bits per heavy atom. The Balaban J connectivity index is 1.51. The average Bonchev–Trinajstić information content (AvgIpc) is 2.93. The molecule has 3 nitrogen and oxygen atoms in total. The summed E-state index contributed by atoms with van der Waals surface area (Å²) in [7, 11) is 0. The topological polar surface area (TPSA) is 41.1 Å². The summed E-state index contributed by atoms with van der Waals surface area (Å²) < 4.78 is 0. The third kappa shape index (κ3) is 2.69. The molecule has 1 aliphatic carbocycles. The monoisotopic (exact) mass is 300 g/mol. The van der Waals surface area contributed by atoms with Crippen LogP contribution in [0.1, 0.15) is 11.1 Å². The van der Waals surface area contributed by atoms with Gasteiger partial charge in [-0.25, -0.2) is 4.79 Å². The Morgan fingerprint density at radius 1 is 0.696 bits per heavy atom. The van der Waals surface area contributed by atoms with Gasteiger partial charge in [0.1, 0.15) is 0 Å². The molecule has 23 heavy (non-hydrogen) atoms. The average molecular weight is 300 g/mol. The molecular weight excluding hydrogens is 284 g/mol. The van der Waals surface area contributed by atoms with E-state index in [1.807, 2.05) is 36.4 Å². The van der Waals surface area contributed by atoms with Crippen molar-refractivity contribution >= 4 is 17.4 Å². The number of anilines is 2. The minimum atomic E-state index is -0.230. The number of carbonyl (C=O) groups is 1. The van der Waals surface area contributed by atoms with E-state index >= 15 is 0 Å². The van der Waals surface area contributed by atoms with Crippen molar-refractivity contribution in [1.29, 1.82) is 0 Å². The van der Waals surface area contributed by atoms with Gasteiger partial charge in [-0.1, -0.05) is 48.5 Å². The molecule has 0 aliphatic heterocycles. The van der Waals surface area contributed by atoms with Crippen molar-refractivity contribution in [1.82, 2.24) is 0 Å². The number of benzene rings is 3. The molecule has 0 unspecified atom stereocenters. The van der Waals surface area contributed by atoms with E-state index in [4.69, 9.17) is 0 Å². The lowest BCUT2D eigenvalue weighted by molar-refractivity contribution is 0.262. The number of rotatable bonds is 2. The normalized spacial score (nSPS) is 11.5. The number of hydrogen-bond acceptors (Lipinski definition) is 1. The van der Waals surface area contributed by atoms with Crippen LogP contribution in [0, 0.1) is 0 Å². The molecule has 2 amide bonds. The molecular formula is C20H16N2O. The van der Waals surface area contributed by atoms with E-state index in [0.717, 1.165) is 17.8 Å². The molecule has 2 N–H and O–H groups in total. The molecule has 0 radical (unpaired) electrons. The summed E-state index contributed by atoms with van der Waals surface area (Å²) in [6.07, 6.45) is 0.918. The zero-order valence-electron chi connectivity index (χ0n) is 12.5. The van der Waals surface area contributed by atoms with Gasteiger partial charge >= 0.3 is 6.03 Å². The Kier molecular flexibility index (Phi) is 3.31. The van der Waals surface area contributed by atoms with Crippen LogP contribution in [0.5, 0.6) is 0 Å². The number of fused-ring (bicyclic) bond motifs is 3. The molecule has 3 aromatic carbocycles. The molecule has 0 saturated carbocycles. The third-order valence-corrected chi connectivity index (χ3v) is 4.08. The molecule has 0 atom stereocenters. The Labute approximate surface area is 135 Å². The lowest BCUT2D eigenvalue weighted by Gasteiger charge is -2.09. The summed E-state index contributed by atoms with van der Waals surface area (Å²) in [4.78, 5) is 12.1. The molecule has 3 aromatic rings. The molecule has 0 aromatic heterocycles. The van der Waals surface area contributed by atoms with Gasteiger partial charge < -0.3 is 10.6 Å². The SMILES string of the molecule is O=C(Nc1ccccc1)Nc1ccc2c(c1)Cc1ccccc1-2. The molecule has 112 valence electrons. The first-order valence-electron chi connectivity index (χ1n) is 7.64. The summed E-state index contributed by atoms with van der Waals surface area (Å²) in [5.41, 5.74) is 6.73. The predicted molar refractivity (Wildman–Crippen MR) is 93.8 cm³/mol. The predicted octanol–water partition coefficient (Wildman–Crippen LogP) is 4.90. The lowest BCUT2D eigenvalue weighted by Crippen LogP contribution is -2.19. The number of carbonyl (C=O) groups excluding carboxylic acids is 1. The van der Waals surface area contributed by atoms with Crippen LogP contribution in [0.15, 0.2) is 72.8 Å². The van der Waals surface area contributed by atoms with Crippen LogP contribution in [-0.2, 0) is 6.42 Å². The van der Waals surface area contributed by atoms with Gasteiger partial charge in [0, 0.05) is 11.4 Å². The second kappa shape index (κ2) is 5.61. The standard InChI is InChI=1S/C20H16N2O/c23-20(21-16-7-2-1-3-8-16)22-17-10-11-19-15(13-17)12-14-6-4-5-9-18(14)19/h1-11,13H,12H2,(H2,21,22,23). The van der Waals surface area contributed by atoms with Crippen molar-refractivity contribution in [3.63, 3.8) is 0 Å². The van der Waals surface area contributed by atoms with Crippen molar-refractivity contribution in [2.45, 2.75) is 6.42 Å². The highest BCUT2D eigenvalue weighted by Gasteiger charge is 2.18. The fourth-order valence-electron chi connectivity index (χ4n) is 3.04. The van der Waals surface area contributed by atoms with E-state index in [1.165, 1.54) is 22.3 Å². The largest absolute Gasteiger partial charge is 0.323 e. The molecule has 0 fully saturated rings. The van der Waals surface area contributed by atoms with E-state index in [-0.39, 0.29) is 6.03 Å². The lowest BCUT2D eigenvalue weighted by atomic mass is 10.1. The maximum atomic E-state index is 12.1. The molecule has 0 spiro atoms. The summed E-state index contributed by atoms with van der Waals surface area (Å²) >= 11 is 0. The van der Waals surface area contributed by atoms with Crippen molar-refractivity contribution in [2.75, 3.05) is 10.6 Å². The summed E-state index contributed by atoms with van der Waals surface area (Å²) in [5, 5.41) is 5.72. The van der Waals surface area contributed by atoms with Crippen molar-refractivity contribution < 1.29 is 4.79 Å². The number of para-hydroxylation sites is 1. The number of hydrogen-bond donors (Lipinski definition) is 2. The molecule has 0 heterocycles. The summed E-state index contributed by atoms with van der Waals surface area (Å²) in [5.74, 6) is 0. The van der Waals surface area contributed by atoms with E-state index in [9.17, 15) is 4.79 Å². The number of nitrogens with one attached hydrogen (secondary N) is 2. The van der Waals surface area contributed by atoms with Crippen molar-refractivity contribution in [2.24, 2.45) is 0 Å². The molecule has 0 saturated heterocycles. The Morgan fingerprint density at radius 2 is 1.39 bits per heavy atom. The first-order chi connectivity index (χ1) is 11.3. The van der Waals surface area contributed by atoms with Crippen molar-refractivity contribution in [3.05, 3.63) is 83.9 Å². The molecule has 1 aliphatic rings. The van der Waals surface area contributed by atoms with E-state index in [0.29, 0.717) is 0 Å². The van der Waals surface area contributed by atoms with E-state index in [2.05, 4.69) is 47.0 Å². The zero-order chi connectivity index (χ0) is 15.6. The maximum Gasteiger partial charge on any atom is 0.323 e. The van der Waals surface area contributed by atoms with Crippen LogP contribution in [0.3, 0.4) is 0 Å². The molecule has 0 bridgehead atoms. The van der Waals surface area contributed by atoms with E-state index in [1.54, 1.807) is 0 Å². The Hall–Kier alpha value is -3.07. The first-order valence-corrected chi connectivity index (χ1v) is 7.64. The second-order valence-electron chi connectivity index (χ2n) is 5.65. The van der Waals surface area contributed by atoms with Gasteiger partial charge in [0.25, 0.3) is 0 Å². The number of amides is 2. The quantitative estimate of drug-likeness (QED) is 0.543. The zero-order valence-corrected chi connectivity index (χ0v) is 12.5. The van der Waals surface area contributed by atoms with Gasteiger partial charge in [-0.05, 0) is 52.9 Å². The minimum Gasteiger partial charge on any atom is -0.308 e. The van der Waals surface area contributed by atoms with Gasteiger partial charge in [0.05, 0.1) is 0 Å². The van der Waals surface area contributed by atoms with Crippen LogP contribution in [0.4, 0.5) is 16.2 Å². The van der Waals surface area contributed by atoms with Gasteiger partial charge in [0.2, 0.25) is 0 Å². The molecule has 3 heteroatoms. The van der Waals surface area contributed by atoms with Crippen LogP contribution in [0.25, 0.3) is 11.1 Å². The van der Waals surface area contributed by atoms with E-state index < -0.39 is 0 Å². The van der Waals surface area contributed by atoms with Gasteiger partial charge in [0.15, 0.2) is 0 Å². The first kappa shape index (κ1) is 13.6. The van der Waals surface area contributed by atoms with Gasteiger partial charge in [-0.3, -0.25) is 0 Å². The summed E-state index contributed by atoms with van der Waals surface area (Å²) in [6.45, 7) is 0. The van der Waals surface area contributed by atoms with Gasteiger partial charge in [-0.2, -0.15) is 0 Å². The highest BCUT2D eigenvalue weighted by Crippen LogP contribution is 2.37. The Bertz CT molecular complexity index is 872. The fraction of sp³-hybridized carbons (Fsp3) is 0.0500. The maximum absolute atomic E-state index is 12.1. The highest BCUT2D eigenvalue weighted by molar-refractivity contribution is 6.00. The molecule has 4 rings (SSSR count). The van der Waals surface area contributed by atoms with Crippen molar-refractivity contribution in [3.8, 4) is 11.1 Å². The fourth-order valence-corrected chi connectivity index (χ4v) is 3.04. The second-order valence-corrected chi connectivity index (χ2v) is 5.65. The third-order valence-electron chi connectivity index (χ3n) is 4.08.